The van der Waals surface area contributed by atoms with E-state index in [1.165, 1.54) is 0 Å². The second-order valence-electron chi connectivity index (χ2n) is 7.27. The second-order valence-corrected chi connectivity index (χ2v) is 7.66. The Labute approximate surface area is 169 Å². The maximum atomic E-state index is 13.7. The number of nitrogens with zero attached hydrogens (tertiary/aromatic N) is 3. The fourth-order valence-electron chi connectivity index (χ4n) is 4.12. The molecule has 1 aliphatic heterocycles. The van der Waals surface area contributed by atoms with Crippen molar-refractivity contribution in [2.24, 2.45) is 0 Å². The van der Waals surface area contributed by atoms with Gasteiger partial charge in [-0.1, -0.05) is 48.0 Å². The van der Waals surface area contributed by atoms with Gasteiger partial charge in [-0.2, -0.15) is 9.13 Å². The van der Waals surface area contributed by atoms with Crippen LogP contribution in [0.15, 0.2) is 53.5 Å². The molecule has 5 nitrogen and oxygen atoms in total. The van der Waals surface area contributed by atoms with E-state index in [1.807, 2.05) is 41.0 Å². The zero-order valence-corrected chi connectivity index (χ0v) is 17.0. The van der Waals surface area contributed by atoms with E-state index in [0.29, 0.717) is 16.6 Å². The van der Waals surface area contributed by atoms with Crippen molar-refractivity contribution in [1.29, 1.82) is 0 Å². The number of ether oxygens (including phenoxy) is 1. The van der Waals surface area contributed by atoms with E-state index in [2.05, 4.69) is 23.4 Å². The molecule has 6 heteroatoms. The van der Waals surface area contributed by atoms with Gasteiger partial charge in [-0.25, -0.2) is 9.78 Å². The van der Waals surface area contributed by atoms with E-state index in [9.17, 15) is 4.79 Å². The maximum Gasteiger partial charge on any atom is 0.349 e. The molecule has 0 aliphatic carbocycles. The zero-order valence-electron chi connectivity index (χ0n) is 16.2. The van der Waals surface area contributed by atoms with Crippen LogP contribution in [0.1, 0.15) is 43.7 Å². The Hall–Kier alpha value is -2.66. The lowest BCUT2D eigenvalue weighted by atomic mass is 10.1. The van der Waals surface area contributed by atoms with E-state index in [4.69, 9.17) is 16.3 Å². The molecule has 3 heterocycles. The third-order valence-electron chi connectivity index (χ3n) is 5.28. The fraction of sp³-hybridized carbons (Fsp3) is 0.318. The highest BCUT2D eigenvalue weighted by atomic mass is 35.5. The molecule has 0 saturated carbocycles. The molecule has 144 valence electrons. The van der Waals surface area contributed by atoms with Crippen LogP contribution in [0, 0.1) is 0 Å². The van der Waals surface area contributed by atoms with Gasteiger partial charge in [0, 0.05) is 18.2 Å². The van der Waals surface area contributed by atoms with Crippen molar-refractivity contribution in [2.75, 3.05) is 7.11 Å². The molecule has 0 radical (unpaired) electrons. The van der Waals surface area contributed by atoms with E-state index in [-0.39, 0.29) is 17.6 Å². The summed E-state index contributed by atoms with van der Waals surface area (Å²) in [6.07, 6.45) is 3.40. The predicted molar refractivity (Wildman–Crippen MR) is 109 cm³/mol. The maximum absolute atomic E-state index is 13.7. The van der Waals surface area contributed by atoms with Gasteiger partial charge in [0.25, 0.3) is 11.7 Å². The average Bonchev–Trinajstić information content (AvgIpc) is 3.13. The molecule has 0 spiro atoms. The van der Waals surface area contributed by atoms with Gasteiger partial charge in [0.15, 0.2) is 5.56 Å². The monoisotopic (exact) mass is 396 g/mol. The lowest BCUT2D eigenvalue weighted by Crippen LogP contribution is -2.48. The molecule has 3 aromatic rings. The Balaban J connectivity index is 2.02. The zero-order chi connectivity index (χ0) is 19.8. The predicted octanol–water partition coefficient (Wildman–Crippen LogP) is 3.98. The number of hydrogen-bond acceptors (Lipinski definition) is 3. The van der Waals surface area contributed by atoms with Crippen LogP contribution in [0.4, 0.5) is 0 Å². The Bertz CT molecular complexity index is 1060. The first-order chi connectivity index (χ1) is 13.5. The summed E-state index contributed by atoms with van der Waals surface area (Å²) in [6, 6.07) is 13.5. The number of rotatable bonds is 4. The summed E-state index contributed by atoms with van der Waals surface area (Å²) in [6.45, 7) is 4.22. The van der Waals surface area contributed by atoms with Crippen LogP contribution in [-0.4, -0.2) is 16.7 Å². The molecule has 0 fully saturated rings. The molecule has 28 heavy (non-hydrogen) atoms. The van der Waals surface area contributed by atoms with Crippen LogP contribution in [0.2, 0.25) is 5.15 Å². The molecule has 2 aromatic heterocycles. The summed E-state index contributed by atoms with van der Waals surface area (Å²) < 4.78 is 9.83. The molecule has 0 bridgehead atoms. The number of fused-ring (bicyclic) bond motifs is 1. The van der Waals surface area contributed by atoms with Gasteiger partial charge in [-0.15, -0.1) is 0 Å². The van der Waals surface area contributed by atoms with Crippen molar-refractivity contribution in [2.45, 2.75) is 38.8 Å². The minimum Gasteiger partial charge on any atom is -0.465 e. The van der Waals surface area contributed by atoms with Gasteiger partial charge in [0.2, 0.25) is 0 Å². The molecule has 1 unspecified atom stereocenters. The largest absolute Gasteiger partial charge is 0.465 e. The van der Waals surface area contributed by atoms with Crippen molar-refractivity contribution >= 4 is 11.6 Å². The van der Waals surface area contributed by atoms with E-state index >= 15 is 0 Å². The third kappa shape index (κ3) is 3.00. The highest BCUT2D eigenvalue weighted by molar-refractivity contribution is 6.29. The minimum atomic E-state index is -0.0642. The summed E-state index contributed by atoms with van der Waals surface area (Å²) in [5.41, 5.74) is 2.40. The molecule has 0 amide bonds. The molecule has 0 N–H and O–H groups in total. The SMILES string of the molecule is COc1c(-c2ccccc2)c(=O)n2c([n+]1C(C)C)CCC2c1ccc(Cl)nc1. The molecule has 4 rings (SSSR count). The molecule has 1 aromatic carbocycles. The smallest absolute Gasteiger partial charge is 0.349 e. The summed E-state index contributed by atoms with van der Waals surface area (Å²) in [7, 11) is 1.63. The summed E-state index contributed by atoms with van der Waals surface area (Å²) in [5.74, 6) is 1.60. The van der Waals surface area contributed by atoms with Crippen LogP contribution in [0.5, 0.6) is 5.88 Å². The number of benzene rings is 1. The van der Waals surface area contributed by atoms with Crippen LogP contribution in [-0.2, 0) is 6.42 Å². The topological polar surface area (TPSA) is 48.0 Å². The van der Waals surface area contributed by atoms with E-state index < -0.39 is 0 Å². The van der Waals surface area contributed by atoms with Crippen LogP contribution in [0.3, 0.4) is 0 Å². The minimum absolute atomic E-state index is 0.0348. The first kappa shape index (κ1) is 18.7. The summed E-state index contributed by atoms with van der Waals surface area (Å²) in [5, 5.41) is 0.450. The first-order valence-corrected chi connectivity index (χ1v) is 9.84. The number of halogens is 1. The van der Waals surface area contributed by atoms with Crippen molar-refractivity contribution in [3.05, 3.63) is 75.6 Å². The van der Waals surface area contributed by atoms with E-state index in [1.54, 1.807) is 19.4 Å². The third-order valence-corrected chi connectivity index (χ3v) is 5.51. The Morgan fingerprint density at radius 2 is 1.96 bits per heavy atom. The fourth-order valence-corrected chi connectivity index (χ4v) is 4.24. The van der Waals surface area contributed by atoms with Gasteiger partial charge in [-0.05, 0) is 25.5 Å². The Morgan fingerprint density at radius 1 is 1.21 bits per heavy atom. The second kappa shape index (κ2) is 7.40. The molecular weight excluding hydrogens is 374 g/mol. The highest BCUT2D eigenvalue weighted by Crippen LogP contribution is 2.33. The van der Waals surface area contributed by atoms with Crippen LogP contribution in [0.25, 0.3) is 11.1 Å². The molecular formula is C22H23ClN3O2+. The first-order valence-electron chi connectivity index (χ1n) is 9.46. The van der Waals surface area contributed by atoms with Gasteiger partial charge >= 0.3 is 5.56 Å². The number of aromatic nitrogens is 3. The van der Waals surface area contributed by atoms with Crippen molar-refractivity contribution in [3.63, 3.8) is 0 Å². The number of hydrogen-bond donors (Lipinski definition) is 0. The van der Waals surface area contributed by atoms with Crippen molar-refractivity contribution < 1.29 is 9.30 Å². The quantitative estimate of drug-likeness (QED) is 0.495. The van der Waals surface area contributed by atoms with Gasteiger partial charge in [0.1, 0.15) is 11.2 Å². The lowest BCUT2D eigenvalue weighted by molar-refractivity contribution is -0.730. The van der Waals surface area contributed by atoms with Crippen LogP contribution >= 0.6 is 11.6 Å². The molecule has 1 atom stereocenters. The van der Waals surface area contributed by atoms with Gasteiger partial charge in [0.05, 0.1) is 19.6 Å². The Kier molecular flexibility index (Phi) is 4.94. The summed E-state index contributed by atoms with van der Waals surface area (Å²) >= 11 is 5.96. The number of methoxy groups -OCH3 is 1. The molecule has 0 saturated heterocycles. The lowest BCUT2D eigenvalue weighted by Gasteiger charge is -2.18. The standard InChI is InChI=1S/C22H23ClN3O2/c1-14(2)25-19-12-10-17(16-9-11-18(23)24-13-16)26(19)21(27)20(22(25)28-3)15-7-5-4-6-8-15/h4-9,11,13-14,17H,10,12H2,1-3H3/q+1. The summed E-state index contributed by atoms with van der Waals surface area (Å²) in [4.78, 5) is 17.9. The normalized spacial score (nSPS) is 15.7. The van der Waals surface area contributed by atoms with Gasteiger partial charge in [-0.3, -0.25) is 0 Å². The molecule has 1 aliphatic rings. The van der Waals surface area contributed by atoms with Crippen molar-refractivity contribution in [3.8, 4) is 17.0 Å². The van der Waals surface area contributed by atoms with E-state index in [0.717, 1.165) is 29.8 Å². The average molecular weight is 397 g/mol. The van der Waals surface area contributed by atoms with Gasteiger partial charge < -0.3 is 4.74 Å². The van der Waals surface area contributed by atoms with Crippen LogP contribution < -0.4 is 14.9 Å². The highest BCUT2D eigenvalue weighted by Gasteiger charge is 2.40. The Morgan fingerprint density at radius 3 is 2.57 bits per heavy atom. The van der Waals surface area contributed by atoms with Crippen molar-refractivity contribution in [1.82, 2.24) is 9.55 Å². The number of pyridine rings is 1.